The van der Waals surface area contributed by atoms with Gasteiger partial charge in [0.25, 0.3) is 0 Å². The van der Waals surface area contributed by atoms with Crippen molar-refractivity contribution in [2.45, 2.75) is 66.3 Å². The molecule has 0 aromatic carbocycles. The molecule has 1 saturated carbocycles. The first-order valence-corrected chi connectivity index (χ1v) is 12.4. The van der Waals surface area contributed by atoms with E-state index in [1.807, 2.05) is 0 Å². The van der Waals surface area contributed by atoms with Gasteiger partial charge in [0.2, 0.25) is 11.8 Å². The zero-order valence-corrected chi connectivity index (χ0v) is 18.2. The summed E-state index contributed by atoms with van der Waals surface area (Å²) in [6.07, 6.45) is 4.71. The fraction of sp³-hybridized carbons (Fsp3) is 0.842. The zero-order chi connectivity index (χ0) is 20.4. The summed E-state index contributed by atoms with van der Waals surface area (Å²) in [6, 6.07) is 0.402. The van der Waals surface area contributed by atoms with E-state index in [4.69, 9.17) is 9.47 Å². The van der Waals surface area contributed by atoms with Crippen molar-refractivity contribution in [3.8, 4) is 0 Å². The van der Waals surface area contributed by atoms with Gasteiger partial charge in [0.05, 0.1) is 24.5 Å². The molecule has 7 atom stereocenters. The minimum atomic E-state index is -0.736. The zero-order valence-electron chi connectivity index (χ0n) is 16.6. The van der Waals surface area contributed by atoms with Crippen LogP contribution in [-0.2, 0) is 19.1 Å². The smallest absolute Gasteiger partial charge is 0.413 e. The van der Waals surface area contributed by atoms with E-state index in [1.165, 1.54) is 12.8 Å². The van der Waals surface area contributed by atoms with Gasteiger partial charge in [-0.1, -0.05) is 12.8 Å². The summed E-state index contributed by atoms with van der Waals surface area (Å²) >= 11 is 3.28. The maximum absolute atomic E-state index is 13.0. The minimum Gasteiger partial charge on any atom is -0.450 e. The molecule has 0 bridgehead atoms. The average Bonchev–Trinajstić information content (AvgIpc) is 3.29. The monoisotopic (exact) mass is 443 g/mol. The van der Waals surface area contributed by atoms with Crippen LogP contribution in [0.1, 0.15) is 39.0 Å². The standard InChI is InChI=1S/C19H29N3O5S2/c1-2-27-19(25)22-15(23)14-10-7-8-26-9-13(10)29-17(14)21-16(24)18-20-11-5-3-4-6-12(11)28-18/h10-14,17-18,20H,2-9H2,1H3,(H,21,24)(H,22,23,25). The van der Waals surface area contributed by atoms with Gasteiger partial charge in [0, 0.05) is 23.1 Å². The predicted molar refractivity (Wildman–Crippen MR) is 111 cm³/mol. The van der Waals surface area contributed by atoms with Crippen LogP contribution >= 0.6 is 23.5 Å². The topological polar surface area (TPSA) is 106 Å². The summed E-state index contributed by atoms with van der Waals surface area (Å²) in [4.78, 5) is 37.6. The largest absolute Gasteiger partial charge is 0.450 e. The molecule has 0 spiro atoms. The van der Waals surface area contributed by atoms with E-state index in [2.05, 4.69) is 16.0 Å². The third kappa shape index (κ3) is 4.70. The number of thioether (sulfide) groups is 2. The molecular weight excluding hydrogens is 414 g/mol. The summed E-state index contributed by atoms with van der Waals surface area (Å²) in [6.45, 7) is 3.04. The quantitative estimate of drug-likeness (QED) is 0.600. The van der Waals surface area contributed by atoms with E-state index < -0.39 is 12.0 Å². The molecule has 8 nitrogen and oxygen atoms in total. The molecule has 0 radical (unpaired) electrons. The van der Waals surface area contributed by atoms with Gasteiger partial charge >= 0.3 is 6.09 Å². The van der Waals surface area contributed by atoms with Crippen LogP contribution in [0.25, 0.3) is 0 Å². The van der Waals surface area contributed by atoms with Crippen molar-refractivity contribution >= 4 is 41.4 Å². The summed E-state index contributed by atoms with van der Waals surface area (Å²) in [5.41, 5.74) is 0. The van der Waals surface area contributed by atoms with Crippen molar-refractivity contribution in [3.63, 3.8) is 0 Å². The van der Waals surface area contributed by atoms with Crippen LogP contribution in [0.5, 0.6) is 0 Å². The van der Waals surface area contributed by atoms with Crippen molar-refractivity contribution in [2.75, 3.05) is 19.8 Å². The molecule has 3 amide bonds. The molecule has 29 heavy (non-hydrogen) atoms. The van der Waals surface area contributed by atoms with Crippen LogP contribution in [0.4, 0.5) is 4.79 Å². The van der Waals surface area contributed by atoms with Crippen molar-refractivity contribution in [3.05, 3.63) is 0 Å². The van der Waals surface area contributed by atoms with E-state index in [1.54, 1.807) is 30.4 Å². The summed E-state index contributed by atoms with van der Waals surface area (Å²) < 4.78 is 10.4. The molecule has 3 N–H and O–H groups in total. The Hall–Kier alpha value is -0.970. The SMILES string of the molecule is CCOC(=O)NC(=O)C1C(NC(=O)C2NC3CCCCC3S2)SC2COCCC21. The van der Waals surface area contributed by atoms with E-state index in [0.29, 0.717) is 24.5 Å². The molecule has 3 heterocycles. The predicted octanol–water partition coefficient (Wildman–Crippen LogP) is 1.44. The third-order valence-electron chi connectivity index (χ3n) is 6.17. The normalized spacial score (nSPS) is 38.6. The Balaban J connectivity index is 1.41. The van der Waals surface area contributed by atoms with Gasteiger partial charge in [-0.25, -0.2) is 4.79 Å². The summed E-state index contributed by atoms with van der Waals surface area (Å²) in [5, 5.41) is 8.88. The highest BCUT2D eigenvalue weighted by Gasteiger charge is 2.50. The molecule has 4 aliphatic rings. The molecule has 4 rings (SSSR count). The first kappa shape index (κ1) is 21.3. The molecule has 4 fully saturated rings. The van der Waals surface area contributed by atoms with Crippen molar-refractivity contribution < 1.29 is 23.9 Å². The maximum Gasteiger partial charge on any atom is 0.413 e. The Morgan fingerprint density at radius 1 is 1.10 bits per heavy atom. The highest BCUT2D eigenvalue weighted by molar-refractivity contribution is 8.01. The number of nitrogens with one attached hydrogen (secondary N) is 3. The molecule has 162 valence electrons. The van der Waals surface area contributed by atoms with Crippen LogP contribution in [0, 0.1) is 11.8 Å². The number of rotatable bonds is 4. The Morgan fingerprint density at radius 3 is 2.72 bits per heavy atom. The van der Waals surface area contributed by atoms with Crippen LogP contribution in [0.3, 0.4) is 0 Å². The lowest BCUT2D eigenvalue weighted by atomic mass is 9.85. The highest BCUT2D eigenvalue weighted by atomic mass is 32.2. The molecule has 7 unspecified atom stereocenters. The lowest BCUT2D eigenvalue weighted by Gasteiger charge is -2.28. The second-order valence-electron chi connectivity index (χ2n) is 7.98. The number of amides is 3. The second-order valence-corrected chi connectivity index (χ2v) is 10.7. The average molecular weight is 444 g/mol. The first-order valence-electron chi connectivity index (χ1n) is 10.5. The number of hydrogen-bond acceptors (Lipinski definition) is 8. The number of carbonyl (C=O) groups excluding carboxylic acids is 3. The van der Waals surface area contributed by atoms with Gasteiger partial charge in [-0.05, 0) is 32.1 Å². The Morgan fingerprint density at radius 2 is 1.93 bits per heavy atom. The maximum atomic E-state index is 13.0. The minimum absolute atomic E-state index is 0.0697. The van der Waals surface area contributed by atoms with Crippen LogP contribution in [0.15, 0.2) is 0 Å². The molecule has 10 heteroatoms. The molecule has 3 aliphatic heterocycles. The van der Waals surface area contributed by atoms with Gasteiger partial charge in [-0.15, -0.1) is 23.5 Å². The van der Waals surface area contributed by atoms with Gasteiger partial charge in [0.15, 0.2) is 0 Å². The number of alkyl carbamates (subject to hydrolysis) is 1. The third-order valence-corrected chi connectivity index (χ3v) is 9.24. The van der Waals surface area contributed by atoms with Gasteiger partial charge in [-0.2, -0.15) is 0 Å². The lowest BCUT2D eigenvalue weighted by molar-refractivity contribution is -0.127. The lowest BCUT2D eigenvalue weighted by Crippen LogP contribution is -2.50. The van der Waals surface area contributed by atoms with E-state index >= 15 is 0 Å². The van der Waals surface area contributed by atoms with Crippen molar-refractivity contribution in [1.29, 1.82) is 0 Å². The second kappa shape index (κ2) is 9.45. The van der Waals surface area contributed by atoms with E-state index in [0.717, 1.165) is 19.3 Å². The molecule has 0 aromatic heterocycles. The molecule has 1 aliphatic carbocycles. The van der Waals surface area contributed by atoms with E-state index in [9.17, 15) is 14.4 Å². The first-order chi connectivity index (χ1) is 14.1. The molecule has 0 aromatic rings. The van der Waals surface area contributed by atoms with Gasteiger partial charge in [-0.3, -0.25) is 20.2 Å². The fourth-order valence-corrected chi connectivity index (χ4v) is 8.04. The number of imide groups is 1. The van der Waals surface area contributed by atoms with Crippen molar-refractivity contribution in [2.24, 2.45) is 11.8 Å². The molecule has 3 saturated heterocycles. The van der Waals surface area contributed by atoms with Gasteiger partial charge in [0.1, 0.15) is 5.37 Å². The van der Waals surface area contributed by atoms with Crippen LogP contribution < -0.4 is 16.0 Å². The van der Waals surface area contributed by atoms with Crippen molar-refractivity contribution in [1.82, 2.24) is 16.0 Å². The Labute approximate surface area is 179 Å². The fourth-order valence-electron chi connectivity index (χ4n) is 4.80. The summed E-state index contributed by atoms with van der Waals surface area (Å²) in [5.74, 6) is -0.858. The number of ether oxygens (including phenoxy) is 2. The Kier molecular flexibility index (Phi) is 6.93. The number of fused-ring (bicyclic) bond motifs is 2. The molecular formula is C19H29N3O5S2. The van der Waals surface area contributed by atoms with Gasteiger partial charge < -0.3 is 14.8 Å². The van der Waals surface area contributed by atoms with Crippen LogP contribution in [-0.4, -0.2) is 65.0 Å². The van der Waals surface area contributed by atoms with Crippen LogP contribution in [0.2, 0.25) is 0 Å². The number of hydrogen-bond donors (Lipinski definition) is 3. The summed E-state index contributed by atoms with van der Waals surface area (Å²) in [7, 11) is 0. The van der Waals surface area contributed by atoms with E-state index in [-0.39, 0.29) is 40.3 Å². The highest BCUT2D eigenvalue weighted by Crippen LogP contribution is 2.46. The Bertz CT molecular complexity index is 637. The number of carbonyl (C=O) groups is 3.